The van der Waals surface area contributed by atoms with E-state index in [-0.39, 0.29) is 17.8 Å². The largest absolute Gasteiger partial charge is 0.494 e. The van der Waals surface area contributed by atoms with E-state index in [2.05, 4.69) is 0 Å². The van der Waals surface area contributed by atoms with E-state index in [1.54, 1.807) is 11.6 Å². The van der Waals surface area contributed by atoms with Crippen molar-refractivity contribution in [3.63, 3.8) is 0 Å². The Labute approximate surface area is 202 Å². The Morgan fingerprint density at radius 1 is 1.06 bits per heavy atom. The number of imidazole rings is 1. The van der Waals surface area contributed by atoms with Crippen molar-refractivity contribution >= 4 is 22.8 Å². The number of aliphatic hydroxyl groups is 1. The molecule has 0 amide bonds. The van der Waals surface area contributed by atoms with Gasteiger partial charge < -0.3 is 19.3 Å². The summed E-state index contributed by atoms with van der Waals surface area (Å²) in [6, 6.07) is 17.5. The number of aromatic nitrogens is 4. The minimum absolute atomic E-state index is 0.233. The second-order valence-electron chi connectivity index (χ2n) is 8.77. The zero-order valence-corrected chi connectivity index (χ0v) is 19.9. The van der Waals surface area contributed by atoms with Gasteiger partial charge in [-0.15, -0.1) is 0 Å². The van der Waals surface area contributed by atoms with Gasteiger partial charge in [-0.25, -0.2) is 4.79 Å². The summed E-state index contributed by atoms with van der Waals surface area (Å²) in [7, 11) is 1.63. The summed E-state index contributed by atoms with van der Waals surface area (Å²) >= 11 is 0. The summed E-state index contributed by atoms with van der Waals surface area (Å²) in [5.41, 5.74) is 1.86. The second kappa shape index (κ2) is 9.42. The van der Waals surface area contributed by atoms with Crippen LogP contribution in [0.1, 0.15) is 18.9 Å². The first-order valence-electron chi connectivity index (χ1n) is 11.9. The molecule has 0 saturated heterocycles. The first-order valence-corrected chi connectivity index (χ1v) is 11.9. The van der Waals surface area contributed by atoms with Crippen molar-refractivity contribution in [1.82, 2.24) is 18.7 Å². The first-order chi connectivity index (χ1) is 17.0. The molecule has 1 aliphatic heterocycles. The highest BCUT2D eigenvalue weighted by atomic mass is 16.5. The maximum Gasteiger partial charge on any atom is 0.332 e. The molecular weight excluding hydrogens is 446 g/mol. The van der Waals surface area contributed by atoms with E-state index in [1.807, 2.05) is 66.4 Å². The Bertz CT molecular complexity index is 1450. The Morgan fingerprint density at radius 3 is 2.51 bits per heavy atom. The second-order valence-corrected chi connectivity index (χ2v) is 8.77. The predicted octanol–water partition coefficient (Wildman–Crippen LogP) is 2.44. The smallest absolute Gasteiger partial charge is 0.332 e. The number of nitrogens with zero attached hydrogens (tertiary/aromatic N) is 5. The quantitative estimate of drug-likeness (QED) is 0.441. The fraction of sp³-hybridized carbons (Fsp3) is 0.346. The normalized spacial score (nSPS) is 15.4. The van der Waals surface area contributed by atoms with Crippen molar-refractivity contribution in [2.45, 2.75) is 39.0 Å². The molecule has 182 valence electrons. The molecule has 1 N–H and O–H groups in total. The van der Waals surface area contributed by atoms with Gasteiger partial charge in [0.15, 0.2) is 11.2 Å². The number of hydrogen-bond donors (Lipinski definition) is 1. The van der Waals surface area contributed by atoms with Gasteiger partial charge in [0, 0.05) is 19.3 Å². The third-order valence-corrected chi connectivity index (χ3v) is 6.39. The first kappa shape index (κ1) is 22.9. The van der Waals surface area contributed by atoms with E-state index < -0.39 is 6.10 Å². The van der Waals surface area contributed by atoms with E-state index in [0.717, 1.165) is 23.4 Å². The molecule has 1 aliphatic rings. The van der Waals surface area contributed by atoms with Crippen molar-refractivity contribution in [3.05, 3.63) is 81.0 Å². The molecule has 0 saturated carbocycles. The summed E-state index contributed by atoms with van der Waals surface area (Å²) in [4.78, 5) is 33.1. The minimum Gasteiger partial charge on any atom is -0.494 e. The van der Waals surface area contributed by atoms with E-state index in [0.29, 0.717) is 43.2 Å². The SMILES string of the molecule is CCOc1ccc(N2C[C@@H](O)Cn3c2nc2c3c(=O)n(CCCc3ccccc3)c(=O)n2C)cc1. The maximum atomic E-state index is 13.5. The van der Waals surface area contributed by atoms with Crippen LogP contribution in [0.25, 0.3) is 11.2 Å². The molecule has 0 spiro atoms. The van der Waals surface area contributed by atoms with Crippen LogP contribution in [0, 0.1) is 0 Å². The standard InChI is InChI=1S/C26H29N5O4/c1-3-35-21-13-11-19(12-14-21)30-16-20(32)17-31-22-23(27-25(30)31)28(2)26(34)29(24(22)33)15-7-10-18-8-5-4-6-9-18/h4-6,8-9,11-14,20,32H,3,7,10,15-17H2,1-2H3/t20-/m1/s1. The molecule has 1 atom stereocenters. The maximum absolute atomic E-state index is 13.5. The van der Waals surface area contributed by atoms with Crippen LogP contribution in [-0.2, 0) is 26.6 Å². The summed E-state index contributed by atoms with van der Waals surface area (Å²) in [5.74, 6) is 1.28. The topological polar surface area (TPSA) is 94.5 Å². The lowest BCUT2D eigenvalue weighted by molar-refractivity contribution is 0.154. The Kier molecular flexibility index (Phi) is 6.17. The molecule has 0 unspecified atom stereocenters. The average molecular weight is 476 g/mol. The molecular formula is C26H29N5O4. The number of β-amino-alcohol motifs (C(OH)–C–C–N with tert-alkyl or cyclic N) is 1. The number of benzene rings is 2. The highest BCUT2D eigenvalue weighted by molar-refractivity contribution is 5.77. The highest BCUT2D eigenvalue weighted by Crippen LogP contribution is 2.32. The van der Waals surface area contributed by atoms with Crippen LogP contribution in [0.3, 0.4) is 0 Å². The van der Waals surface area contributed by atoms with Crippen LogP contribution >= 0.6 is 0 Å². The van der Waals surface area contributed by atoms with Gasteiger partial charge in [-0.05, 0) is 49.6 Å². The fourth-order valence-electron chi connectivity index (χ4n) is 4.69. The minimum atomic E-state index is -0.699. The molecule has 2 aromatic carbocycles. The number of hydrogen-bond acceptors (Lipinski definition) is 6. The van der Waals surface area contributed by atoms with Crippen molar-refractivity contribution in [3.8, 4) is 5.75 Å². The molecule has 9 nitrogen and oxygen atoms in total. The van der Waals surface area contributed by atoms with Crippen molar-refractivity contribution in [2.24, 2.45) is 7.05 Å². The summed E-state index contributed by atoms with van der Waals surface area (Å²) in [5, 5.41) is 10.7. The van der Waals surface area contributed by atoms with Crippen molar-refractivity contribution in [1.29, 1.82) is 0 Å². The zero-order valence-electron chi connectivity index (χ0n) is 19.9. The monoisotopic (exact) mass is 475 g/mol. The third-order valence-electron chi connectivity index (χ3n) is 6.39. The van der Waals surface area contributed by atoms with Gasteiger partial charge in [-0.3, -0.25) is 13.9 Å². The predicted molar refractivity (Wildman–Crippen MR) is 135 cm³/mol. The van der Waals surface area contributed by atoms with Gasteiger partial charge in [0.25, 0.3) is 5.56 Å². The van der Waals surface area contributed by atoms with Gasteiger partial charge in [-0.2, -0.15) is 4.98 Å². The molecule has 9 heteroatoms. The number of aliphatic hydroxyl groups excluding tert-OH is 1. The molecule has 0 bridgehead atoms. The van der Waals surface area contributed by atoms with Gasteiger partial charge in [0.2, 0.25) is 5.95 Å². The summed E-state index contributed by atoms with van der Waals surface area (Å²) < 4.78 is 9.97. The van der Waals surface area contributed by atoms with E-state index in [4.69, 9.17) is 9.72 Å². The van der Waals surface area contributed by atoms with Crippen LogP contribution in [0.5, 0.6) is 5.75 Å². The number of ether oxygens (including phenoxy) is 1. The summed E-state index contributed by atoms with van der Waals surface area (Å²) in [6.45, 7) is 3.37. The molecule has 0 fully saturated rings. The van der Waals surface area contributed by atoms with E-state index >= 15 is 0 Å². The van der Waals surface area contributed by atoms with Crippen molar-refractivity contribution < 1.29 is 9.84 Å². The molecule has 5 rings (SSSR count). The highest BCUT2D eigenvalue weighted by Gasteiger charge is 2.30. The third kappa shape index (κ3) is 4.23. The summed E-state index contributed by atoms with van der Waals surface area (Å²) in [6.07, 6.45) is 0.727. The van der Waals surface area contributed by atoms with Crippen LogP contribution in [0.4, 0.5) is 11.6 Å². The lowest BCUT2D eigenvalue weighted by atomic mass is 10.1. The Morgan fingerprint density at radius 2 is 1.80 bits per heavy atom. The fourth-order valence-corrected chi connectivity index (χ4v) is 4.69. The van der Waals surface area contributed by atoms with Gasteiger partial charge in [-0.1, -0.05) is 30.3 Å². The lowest BCUT2D eigenvalue weighted by Gasteiger charge is -2.32. The number of aryl methyl sites for hydroxylation is 2. The van der Waals surface area contributed by atoms with Crippen LogP contribution in [-0.4, -0.2) is 43.0 Å². The Balaban J connectivity index is 1.54. The molecule has 35 heavy (non-hydrogen) atoms. The van der Waals surface area contributed by atoms with E-state index in [1.165, 1.54) is 9.13 Å². The molecule has 3 heterocycles. The number of fused-ring (bicyclic) bond motifs is 3. The van der Waals surface area contributed by atoms with Gasteiger partial charge in [0.05, 0.1) is 25.8 Å². The Hall–Kier alpha value is -3.85. The molecule has 0 radical (unpaired) electrons. The van der Waals surface area contributed by atoms with Gasteiger partial charge >= 0.3 is 5.69 Å². The molecule has 0 aliphatic carbocycles. The van der Waals surface area contributed by atoms with Crippen LogP contribution < -0.4 is 20.9 Å². The molecule has 2 aromatic heterocycles. The van der Waals surface area contributed by atoms with Crippen molar-refractivity contribution in [2.75, 3.05) is 18.1 Å². The zero-order chi connectivity index (χ0) is 24.5. The number of anilines is 2. The lowest BCUT2D eigenvalue weighted by Crippen LogP contribution is -2.41. The van der Waals surface area contributed by atoms with Gasteiger partial charge in [0.1, 0.15) is 5.75 Å². The molecule has 4 aromatic rings. The van der Waals surface area contributed by atoms with Crippen LogP contribution in [0.2, 0.25) is 0 Å². The number of rotatable bonds is 7. The van der Waals surface area contributed by atoms with E-state index in [9.17, 15) is 14.7 Å². The van der Waals surface area contributed by atoms with Crippen LogP contribution in [0.15, 0.2) is 64.2 Å². The average Bonchev–Trinajstić information content (AvgIpc) is 3.25.